The van der Waals surface area contributed by atoms with Crippen molar-refractivity contribution >= 4 is 22.6 Å². The quantitative estimate of drug-likeness (QED) is 0.183. The number of fused-ring (bicyclic) bond motifs is 1. The third kappa shape index (κ3) is 7.76. The number of carbonyl (C=O) groups is 2. The van der Waals surface area contributed by atoms with Crippen LogP contribution in [-0.2, 0) is 23.1 Å². The molecule has 1 amide bonds. The molecule has 1 aromatic heterocycles. The van der Waals surface area contributed by atoms with Crippen LogP contribution in [0.15, 0.2) is 72.8 Å². The summed E-state index contributed by atoms with van der Waals surface area (Å²) in [6, 6.07) is 21.9. The summed E-state index contributed by atoms with van der Waals surface area (Å²) in [7, 11) is 0. The van der Waals surface area contributed by atoms with Gasteiger partial charge in [0, 0.05) is 17.5 Å². The maximum absolute atomic E-state index is 13.4. The maximum atomic E-state index is 13.4. The molecule has 5 rings (SSSR count). The Bertz CT molecular complexity index is 1600. The number of benzene rings is 3. The van der Waals surface area contributed by atoms with Crippen molar-refractivity contribution in [3.63, 3.8) is 0 Å². The molecule has 0 aliphatic heterocycles. The molecule has 0 saturated heterocycles. The molecule has 0 spiro atoms. The fraction of sp³-hybridized carbons (Fsp3) is 0.378. The van der Waals surface area contributed by atoms with E-state index in [0.717, 1.165) is 47.0 Å². The standard InChI is InChI=1S/C37H42N2O5/c1-5-43-28-15-10-25(11-16-28)21-34(36(41)42)39-35(40)33-22-26-12-17-30(44-29-18-13-27(14-19-29)37(2,3)4)23-31(26)32(38-33)20-24-8-6-7-9-24/h10-19,22-24,34H,5-9,20-21H2,1-4H3,(H,39,40)(H,41,42)/t34-/m0/s1. The number of carbonyl (C=O) groups excluding carboxylic acids is 1. The molecule has 0 radical (unpaired) electrons. The van der Waals surface area contributed by atoms with Gasteiger partial charge in [-0.15, -0.1) is 0 Å². The van der Waals surface area contributed by atoms with Crippen LogP contribution in [0.25, 0.3) is 10.8 Å². The van der Waals surface area contributed by atoms with Crippen molar-refractivity contribution in [1.82, 2.24) is 10.3 Å². The summed E-state index contributed by atoms with van der Waals surface area (Å²) in [5.74, 6) is 1.08. The van der Waals surface area contributed by atoms with Crippen LogP contribution in [-0.4, -0.2) is 34.6 Å². The van der Waals surface area contributed by atoms with E-state index in [9.17, 15) is 14.7 Å². The van der Waals surface area contributed by atoms with E-state index in [1.165, 1.54) is 18.4 Å². The second kappa shape index (κ2) is 13.5. The summed E-state index contributed by atoms with van der Waals surface area (Å²) in [5, 5.41) is 14.4. The van der Waals surface area contributed by atoms with Gasteiger partial charge in [-0.1, -0.05) is 76.8 Å². The van der Waals surface area contributed by atoms with Crippen molar-refractivity contribution in [1.29, 1.82) is 0 Å². The first-order chi connectivity index (χ1) is 21.1. The summed E-state index contributed by atoms with van der Waals surface area (Å²) in [6.45, 7) is 9.01. The molecule has 2 N–H and O–H groups in total. The van der Waals surface area contributed by atoms with Gasteiger partial charge >= 0.3 is 5.97 Å². The minimum Gasteiger partial charge on any atom is -0.494 e. The molecule has 0 unspecified atom stereocenters. The Hall–Kier alpha value is -4.39. The summed E-state index contributed by atoms with van der Waals surface area (Å²) in [4.78, 5) is 30.4. The van der Waals surface area contributed by atoms with Gasteiger partial charge < -0.3 is 19.9 Å². The number of nitrogens with one attached hydrogen (secondary N) is 1. The molecule has 1 aliphatic rings. The third-order valence-corrected chi connectivity index (χ3v) is 8.31. The molecule has 1 heterocycles. The first-order valence-electron chi connectivity index (χ1n) is 15.6. The van der Waals surface area contributed by atoms with Gasteiger partial charge in [-0.3, -0.25) is 4.79 Å². The minimum atomic E-state index is -1.10. The molecule has 44 heavy (non-hydrogen) atoms. The number of rotatable bonds is 11. The molecule has 4 aromatic rings. The summed E-state index contributed by atoms with van der Waals surface area (Å²) in [6.07, 6.45) is 5.59. The van der Waals surface area contributed by atoms with Crippen LogP contribution < -0.4 is 14.8 Å². The minimum absolute atomic E-state index is 0.0616. The van der Waals surface area contributed by atoms with E-state index >= 15 is 0 Å². The van der Waals surface area contributed by atoms with Crippen LogP contribution in [0.2, 0.25) is 0 Å². The van der Waals surface area contributed by atoms with E-state index in [0.29, 0.717) is 24.0 Å². The zero-order valence-corrected chi connectivity index (χ0v) is 26.1. The molecule has 3 aromatic carbocycles. The van der Waals surface area contributed by atoms with Crippen molar-refractivity contribution in [3.8, 4) is 17.2 Å². The topological polar surface area (TPSA) is 97.8 Å². The molecule has 1 fully saturated rings. The van der Waals surface area contributed by atoms with Crippen molar-refractivity contribution in [2.45, 2.75) is 77.7 Å². The monoisotopic (exact) mass is 594 g/mol. The zero-order valence-electron chi connectivity index (χ0n) is 26.1. The highest BCUT2D eigenvalue weighted by Gasteiger charge is 2.24. The highest BCUT2D eigenvalue weighted by Crippen LogP contribution is 2.33. The van der Waals surface area contributed by atoms with Crippen molar-refractivity contribution in [2.75, 3.05) is 6.61 Å². The number of hydrogen-bond acceptors (Lipinski definition) is 5. The van der Waals surface area contributed by atoms with Crippen LogP contribution >= 0.6 is 0 Å². The lowest BCUT2D eigenvalue weighted by molar-refractivity contribution is -0.139. The van der Waals surface area contributed by atoms with E-state index in [1.807, 2.05) is 49.4 Å². The predicted octanol–water partition coefficient (Wildman–Crippen LogP) is 7.88. The number of carboxylic acid groups (broad SMARTS) is 1. The Morgan fingerprint density at radius 1 is 0.932 bits per heavy atom. The Kier molecular flexibility index (Phi) is 9.52. The van der Waals surface area contributed by atoms with Crippen molar-refractivity contribution < 1.29 is 24.2 Å². The lowest BCUT2D eigenvalue weighted by atomic mass is 9.87. The number of carboxylic acids is 1. The molecular weight excluding hydrogens is 552 g/mol. The second-order valence-corrected chi connectivity index (χ2v) is 12.7. The Morgan fingerprint density at radius 3 is 2.23 bits per heavy atom. The van der Waals surface area contributed by atoms with Gasteiger partial charge in [0.25, 0.3) is 5.91 Å². The van der Waals surface area contributed by atoms with Gasteiger partial charge in [-0.2, -0.15) is 0 Å². The van der Waals surface area contributed by atoms with E-state index in [-0.39, 0.29) is 17.5 Å². The fourth-order valence-corrected chi connectivity index (χ4v) is 5.84. The Labute approximate surface area is 259 Å². The number of ether oxygens (including phenoxy) is 2. The molecule has 7 heteroatoms. The maximum Gasteiger partial charge on any atom is 0.326 e. The summed E-state index contributed by atoms with van der Waals surface area (Å²) in [5.41, 5.74) is 3.14. The van der Waals surface area contributed by atoms with E-state index in [4.69, 9.17) is 14.5 Å². The number of aliphatic carboxylic acids is 1. The highest BCUT2D eigenvalue weighted by molar-refractivity contribution is 5.99. The largest absolute Gasteiger partial charge is 0.494 e. The first-order valence-corrected chi connectivity index (χ1v) is 15.6. The van der Waals surface area contributed by atoms with Gasteiger partial charge in [0.15, 0.2) is 0 Å². The normalized spacial score (nSPS) is 14.4. The van der Waals surface area contributed by atoms with Crippen molar-refractivity contribution in [2.24, 2.45) is 5.92 Å². The van der Waals surface area contributed by atoms with Crippen LogP contribution in [0.1, 0.15) is 80.7 Å². The summed E-state index contributed by atoms with van der Waals surface area (Å²) < 4.78 is 11.7. The van der Waals surface area contributed by atoms with E-state index in [1.54, 1.807) is 18.2 Å². The fourth-order valence-electron chi connectivity index (χ4n) is 5.84. The number of hydrogen-bond donors (Lipinski definition) is 2. The molecule has 7 nitrogen and oxygen atoms in total. The predicted molar refractivity (Wildman–Crippen MR) is 173 cm³/mol. The molecule has 1 atom stereocenters. The summed E-state index contributed by atoms with van der Waals surface area (Å²) >= 11 is 0. The average Bonchev–Trinajstić information content (AvgIpc) is 3.51. The first kappa shape index (κ1) is 31.0. The average molecular weight is 595 g/mol. The van der Waals surface area contributed by atoms with Gasteiger partial charge in [0.1, 0.15) is 29.0 Å². The molecule has 0 bridgehead atoms. The number of amides is 1. The number of aromatic nitrogens is 1. The molecule has 230 valence electrons. The van der Waals surface area contributed by atoms with E-state index in [2.05, 4.69) is 38.2 Å². The lowest BCUT2D eigenvalue weighted by Gasteiger charge is -2.19. The van der Waals surface area contributed by atoms with Crippen LogP contribution in [0.4, 0.5) is 0 Å². The SMILES string of the molecule is CCOc1ccc(C[C@H](NC(=O)c2cc3ccc(Oc4ccc(C(C)(C)C)cc4)cc3c(CC3CCCC3)n2)C(=O)O)cc1. The molecule has 1 saturated carbocycles. The highest BCUT2D eigenvalue weighted by atomic mass is 16.5. The molecular formula is C37H42N2O5. The van der Waals surface area contributed by atoms with E-state index < -0.39 is 17.9 Å². The smallest absolute Gasteiger partial charge is 0.326 e. The zero-order chi connectivity index (χ0) is 31.3. The van der Waals surface area contributed by atoms with Crippen molar-refractivity contribution in [3.05, 3.63) is 95.3 Å². The Morgan fingerprint density at radius 2 is 1.59 bits per heavy atom. The van der Waals surface area contributed by atoms with Gasteiger partial charge in [-0.05, 0) is 83.7 Å². The van der Waals surface area contributed by atoms with Gasteiger partial charge in [0.05, 0.1) is 6.61 Å². The van der Waals surface area contributed by atoms with Gasteiger partial charge in [0.2, 0.25) is 0 Å². The molecule has 1 aliphatic carbocycles. The lowest BCUT2D eigenvalue weighted by Crippen LogP contribution is -2.42. The number of pyridine rings is 1. The second-order valence-electron chi connectivity index (χ2n) is 12.7. The van der Waals surface area contributed by atoms with Gasteiger partial charge in [-0.25, -0.2) is 9.78 Å². The van der Waals surface area contributed by atoms with Crippen LogP contribution in [0, 0.1) is 5.92 Å². The number of nitrogens with zero attached hydrogens (tertiary/aromatic N) is 1. The Balaban J connectivity index is 1.39. The van der Waals surface area contributed by atoms with Crippen LogP contribution in [0.3, 0.4) is 0 Å². The third-order valence-electron chi connectivity index (χ3n) is 8.31. The van der Waals surface area contributed by atoms with Crippen LogP contribution in [0.5, 0.6) is 17.2 Å².